The van der Waals surface area contributed by atoms with Crippen LogP contribution in [0.3, 0.4) is 0 Å². The number of anilines is 2. The fourth-order valence-electron chi connectivity index (χ4n) is 2.48. The summed E-state index contributed by atoms with van der Waals surface area (Å²) in [6, 6.07) is 15.2. The van der Waals surface area contributed by atoms with E-state index in [1.165, 1.54) is 0 Å². The van der Waals surface area contributed by atoms with Crippen molar-refractivity contribution in [3.05, 3.63) is 48.5 Å². The van der Waals surface area contributed by atoms with Gasteiger partial charge >= 0.3 is 5.97 Å². The molecule has 0 radical (unpaired) electrons. The van der Waals surface area contributed by atoms with Crippen molar-refractivity contribution in [3.8, 4) is 5.75 Å². The van der Waals surface area contributed by atoms with Gasteiger partial charge in [0.05, 0.1) is 18.0 Å². The van der Waals surface area contributed by atoms with Crippen molar-refractivity contribution >= 4 is 51.3 Å². The number of aliphatic carboxylic acids is 1. The predicted molar refractivity (Wildman–Crippen MR) is 98.7 cm³/mol. The molecule has 0 aliphatic carbocycles. The predicted octanol–water partition coefficient (Wildman–Crippen LogP) is 4.16. The Morgan fingerprint density at radius 2 is 1.96 bits per heavy atom. The van der Waals surface area contributed by atoms with E-state index in [2.05, 4.69) is 27.6 Å². The van der Waals surface area contributed by atoms with Gasteiger partial charge in [0.15, 0.2) is 5.71 Å². The number of carboxylic acid groups (broad SMARTS) is 1. The Labute approximate surface area is 147 Å². The number of para-hydroxylation sites is 2. The molecule has 1 N–H and O–H groups in total. The van der Waals surface area contributed by atoms with Crippen LogP contribution in [0.25, 0.3) is 0 Å². The molecule has 0 bridgehead atoms. The summed E-state index contributed by atoms with van der Waals surface area (Å²) in [5, 5.41) is 9.43. The van der Waals surface area contributed by atoms with Gasteiger partial charge < -0.3 is 14.7 Å². The second-order valence-electron chi connectivity index (χ2n) is 4.92. The van der Waals surface area contributed by atoms with Crippen molar-refractivity contribution in [1.29, 1.82) is 0 Å². The second-order valence-corrected chi connectivity index (χ2v) is 6.10. The van der Waals surface area contributed by atoms with Crippen LogP contribution >= 0.6 is 22.6 Å². The number of carbonyl (C=O) groups is 1. The minimum atomic E-state index is -1.00. The van der Waals surface area contributed by atoms with Crippen molar-refractivity contribution in [3.63, 3.8) is 0 Å². The lowest BCUT2D eigenvalue weighted by atomic mass is 10.1. The van der Waals surface area contributed by atoms with Crippen molar-refractivity contribution in [2.24, 2.45) is 4.99 Å². The first-order valence-electron chi connectivity index (χ1n) is 7.19. The van der Waals surface area contributed by atoms with Crippen LogP contribution in [0.2, 0.25) is 0 Å². The lowest BCUT2D eigenvalue weighted by Gasteiger charge is -2.34. The zero-order chi connectivity index (χ0) is 16.4. The monoisotopic (exact) mass is 422 g/mol. The van der Waals surface area contributed by atoms with Gasteiger partial charge in [-0.15, -0.1) is 0 Å². The lowest BCUT2D eigenvalue weighted by molar-refractivity contribution is -0.129. The number of fused-ring (bicyclic) bond motifs is 1. The Bertz CT molecular complexity index is 759. The first-order valence-corrected chi connectivity index (χ1v) is 8.43. The van der Waals surface area contributed by atoms with E-state index in [0.717, 1.165) is 17.1 Å². The first-order chi connectivity index (χ1) is 11.1. The number of benzene rings is 2. The van der Waals surface area contributed by atoms with Crippen LogP contribution < -0.4 is 9.64 Å². The Kier molecular flexibility index (Phi) is 4.51. The van der Waals surface area contributed by atoms with E-state index in [9.17, 15) is 9.90 Å². The van der Waals surface area contributed by atoms with E-state index < -0.39 is 10.0 Å². The molecule has 1 unspecified atom stereocenters. The molecule has 0 amide bonds. The summed E-state index contributed by atoms with van der Waals surface area (Å²) < 4.78 is 5.07. The molecule has 0 saturated heterocycles. The first kappa shape index (κ1) is 15.8. The molecule has 0 fully saturated rings. The number of hydrogen-bond donors (Lipinski definition) is 1. The summed E-state index contributed by atoms with van der Waals surface area (Å²) in [5.41, 5.74) is 2.57. The number of rotatable bonds is 4. The Balaban J connectivity index is 2.06. The molecule has 0 saturated carbocycles. The number of hydrogen-bond acceptors (Lipinski definition) is 4. The van der Waals surface area contributed by atoms with Crippen LogP contribution in [0.4, 0.5) is 17.1 Å². The Hall–Kier alpha value is -2.09. The third kappa shape index (κ3) is 3.03. The fraction of sp³-hybridized carbons (Fsp3) is 0.176. The summed E-state index contributed by atoms with van der Waals surface area (Å²) in [4.78, 5) is 17.8. The molecule has 5 nitrogen and oxygen atoms in total. The molecule has 23 heavy (non-hydrogen) atoms. The van der Waals surface area contributed by atoms with Crippen LogP contribution in [-0.4, -0.2) is 27.4 Å². The van der Waals surface area contributed by atoms with E-state index in [1.54, 1.807) is 0 Å². The van der Waals surface area contributed by atoms with Crippen LogP contribution in [0.5, 0.6) is 5.75 Å². The van der Waals surface area contributed by atoms with Gasteiger partial charge in [-0.25, -0.2) is 9.79 Å². The highest BCUT2D eigenvalue weighted by Crippen LogP contribution is 2.41. The number of aliphatic imine (C=N–C) groups is 1. The van der Waals surface area contributed by atoms with Crippen molar-refractivity contribution in [1.82, 2.24) is 0 Å². The molecular formula is C17H15IN2O3. The van der Waals surface area contributed by atoms with E-state index in [1.807, 2.05) is 60.4 Å². The zero-order valence-corrected chi connectivity index (χ0v) is 14.6. The highest BCUT2D eigenvalue weighted by atomic mass is 127. The van der Waals surface area contributed by atoms with Gasteiger partial charge in [-0.3, -0.25) is 0 Å². The smallest absolute Gasteiger partial charge is 0.353 e. The average Bonchev–Trinajstić information content (AvgIpc) is 2.55. The lowest BCUT2D eigenvalue weighted by Crippen LogP contribution is -2.39. The summed E-state index contributed by atoms with van der Waals surface area (Å²) in [5.74, 6) is -0.214. The van der Waals surface area contributed by atoms with Crippen molar-refractivity contribution < 1.29 is 14.6 Å². The maximum absolute atomic E-state index is 11.5. The maximum atomic E-state index is 11.5. The van der Waals surface area contributed by atoms with Gasteiger partial charge in [-0.1, -0.05) is 34.7 Å². The summed E-state index contributed by atoms with van der Waals surface area (Å²) in [7, 11) is 0. The molecule has 3 rings (SSSR count). The number of halogens is 1. The van der Waals surface area contributed by atoms with Gasteiger partial charge in [-0.2, -0.15) is 0 Å². The molecule has 1 aliphatic heterocycles. The minimum absolute atomic E-state index is 0.123. The molecule has 1 heterocycles. The summed E-state index contributed by atoms with van der Waals surface area (Å²) in [6.07, 6.45) is 0. The molecule has 0 spiro atoms. The van der Waals surface area contributed by atoms with Crippen molar-refractivity contribution in [2.45, 2.75) is 11.0 Å². The largest absolute Gasteiger partial charge is 0.494 e. The molecule has 1 aliphatic rings. The minimum Gasteiger partial charge on any atom is -0.494 e. The van der Waals surface area contributed by atoms with Crippen LogP contribution in [-0.2, 0) is 4.79 Å². The molecule has 0 aromatic heterocycles. The number of ether oxygens (including phenoxy) is 1. The Morgan fingerprint density at radius 1 is 1.26 bits per heavy atom. The number of alkyl halides is 1. The highest BCUT2D eigenvalue weighted by molar-refractivity contribution is 14.1. The molecule has 2 aromatic carbocycles. The van der Waals surface area contributed by atoms with E-state index in [0.29, 0.717) is 12.3 Å². The summed E-state index contributed by atoms with van der Waals surface area (Å²) in [6.45, 7) is 2.54. The quantitative estimate of drug-likeness (QED) is 0.457. The molecule has 118 valence electrons. The van der Waals surface area contributed by atoms with Gasteiger partial charge in [0.25, 0.3) is 0 Å². The third-order valence-corrected chi connectivity index (χ3v) is 4.63. The fourth-order valence-corrected chi connectivity index (χ4v) is 3.51. The number of nitrogens with zero attached hydrogens (tertiary/aromatic N) is 2. The highest BCUT2D eigenvalue weighted by Gasteiger charge is 2.32. The van der Waals surface area contributed by atoms with Crippen LogP contribution in [0, 0.1) is 0 Å². The standard InChI is InChI=1S/C17H15IN2O3/c1-2-23-12-9-7-11(8-10-12)20-14-6-4-3-5-13(14)19-15(16(20)18)17(21)22/h3-10,16H,2H2,1H3,(H,21,22). The van der Waals surface area contributed by atoms with Gasteiger partial charge in [-0.05, 0) is 43.3 Å². The average molecular weight is 422 g/mol. The molecule has 1 atom stereocenters. The molecule has 6 heteroatoms. The molecule has 2 aromatic rings. The normalized spacial score (nSPS) is 16.5. The third-order valence-electron chi connectivity index (χ3n) is 3.48. The van der Waals surface area contributed by atoms with Crippen molar-refractivity contribution in [2.75, 3.05) is 11.5 Å². The molecular weight excluding hydrogens is 407 g/mol. The topological polar surface area (TPSA) is 62.1 Å². The zero-order valence-electron chi connectivity index (χ0n) is 12.4. The van der Waals surface area contributed by atoms with Gasteiger partial charge in [0.2, 0.25) is 0 Å². The second kappa shape index (κ2) is 6.57. The Morgan fingerprint density at radius 3 is 2.61 bits per heavy atom. The van der Waals surface area contributed by atoms with Crippen LogP contribution in [0.1, 0.15) is 6.92 Å². The number of carboxylic acids is 1. The van der Waals surface area contributed by atoms with Crippen LogP contribution in [0.15, 0.2) is 53.5 Å². The SMILES string of the molecule is CCOc1ccc(N2c3ccccc3N=C(C(=O)O)C2I)cc1. The summed E-state index contributed by atoms with van der Waals surface area (Å²) >= 11 is 2.10. The maximum Gasteiger partial charge on any atom is 0.353 e. The van der Waals surface area contributed by atoms with E-state index in [4.69, 9.17) is 4.74 Å². The van der Waals surface area contributed by atoms with E-state index in [-0.39, 0.29) is 5.71 Å². The van der Waals surface area contributed by atoms with E-state index >= 15 is 0 Å². The van der Waals surface area contributed by atoms with Gasteiger partial charge in [0.1, 0.15) is 9.80 Å². The van der Waals surface area contributed by atoms with Gasteiger partial charge in [0, 0.05) is 5.69 Å².